The van der Waals surface area contributed by atoms with Crippen LogP contribution < -0.4 is 5.32 Å². The zero-order chi connectivity index (χ0) is 25.4. The fourth-order valence-corrected chi connectivity index (χ4v) is 3.88. The standard InChI is InChI=1S/C27H32F2N4O2/c1-18(2)25(30-26(34)24-21(28)14-10-15-22(24)29)27(35)33(3)16-9-5-8-13-20-17-23(32-31-20)19-11-6-4-7-12-19/h4,6-7,10-12,14-15,17-18,25H,5,8-9,13,16H2,1-3H3,(H,30,34)(H,31,32)/t25-/m0/s1. The molecule has 2 aromatic carbocycles. The lowest BCUT2D eigenvalue weighted by atomic mass is 10.0. The largest absolute Gasteiger partial charge is 0.344 e. The number of nitrogens with one attached hydrogen (secondary N) is 2. The number of hydrogen-bond acceptors (Lipinski definition) is 3. The third-order valence-electron chi connectivity index (χ3n) is 5.93. The molecule has 2 amide bonds. The van der Waals surface area contributed by atoms with Gasteiger partial charge in [-0.3, -0.25) is 14.7 Å². The maximum atomic E-state index is 14.0. The minimum absolute atomic E-state index is 0.247. The molecule has 0 aliphatic rings. The summed E-state index contributed by atoms with van der Waals surface area (Å²) in [5.41, 5.74) is 2.38. The van der Waals surface area contributed by atoms with Crippen LogP contribution in [-0.2, 0) is 11.2 Å². The highest BCUT2D eigenvalue weighted by molar-refractivity contribution is 5.98. The van der Waals surface area contributed by atoms with Gasteiger partial charge in [0, 0.05) is 24.8 Å². The summed E-state index contributed by atoms with van der Waals surface area (Å²) in [7, 11) is 1.68. The molecule has 0 bridgehead atoms. The van der Waals surface area contributed by atoms with Crippen molar-refractivity contribution in [2.45, 2.75) is 45.6 Å². The maximum Gasteiger partial charge on any atom is 0.257 e. The van der Waals surface area contributed by atoms with E-state index in [1.165, 1.54) is 6.07 Å². The predicted octanol–water partition coefficient (Wildman–Crippen LogP) is 4.98. The average Bonchev–Trinajstić information content (AvgIpc) is 3.31. The summed E-state index contributed by atoms with van der Waals surface area (Å²) in [4.78, 5) is 27.0. The molecule has 2 N–H and O–H groups in total. The fraction of sp³-hybridized carbons (Fsp3) is 0.370. The minimum Gasteiger partial charge on any atom is -0.344 e. The van der Waals surface area contributed by atoms with Crippen molar-refractivity contribution in [3.8, 4) is 11.3 Å². The maximum absolute atomic E-state index is 14.0. The molecule has 1 atom stereocenters. The third-order valence-corrected chi connectivity index (χ3v) is 5.93. The molecule has 186 valence electrons. The monoisotopic (exact) mass is 482 g/mol. The van der Waals surface area contributed by atoms with Crippen LogP contribution in [0.1, 0.15) is 49.2 Å². The van der Waals surface area contributed by atoms with Crippen molar-refractivity contribution in [1.82, 2.24) is 20.4 Å². The highest BCUT2D eigenvalue weighted by Gasteiger charge is 2.29. The van der Waals surface area contributed by atoms with E-state index in [1.807, 2.05) is 30.3 Å². The van der Waals surface area contributed by atoms with Crippen LogP contribution in [0.2, 0.25) is 0 Å². The van der Waals surface area contributed by atoms with Gasteiger partial charge in [-0.2, -0.15) is 5.10 Å². The zero-order valence-corrected chi connectivity index (χ0v) is 20.4. The van der Waals surface area contributed by atoms with Gasteiger partial charge in [-0.1, -0.05) is 56.7 Å². The van der Waals surface area contributed by atoms with Gasteiger partial charge in [0.15, 0.2) is 0 Å². The van der Waals surface area contributed by atoms with Crippen molar-refractivity contribution in [2.24, 2.45) is 5.92 Å². The highest BCUT2D eigenvalue weighted by atomic mass is 19.1. The highest BCUT2D eigenvalue weighted by Crippen LogP contribution is 2.18. The Kier molecular flexibility index (Phi) is 9.11. The molecular formula is C27H32F2N4O2. The number of aromatic nitrogens is 2. The second-order valence-electron chi connectivity index (χ2n) is 9.01. The first-order valence-electron chi connectivity index (χ1n) is 11.9. The van der Waals surface area contributed by atoms with E-state index in [1.54, 1.807) is 25.8 Å². The Morgan fingerprint density at radius 2 is 1.69 bits per heavy atom. The van der Waals surface area contributed by atoms with Gasteiger partial charge >= 0.3 is 0 Å². The van der Waals surface area contributed by atoms with Crippen molar-refractivity contribution in [2.75, 3.05) is 13.6 Å². The van der Waals surface area contributed by atoms with Crippen molar-refractivity contribution < 1.29 is 18.4 Å². The first kappa shape index (κ1) is 26.1. The van der Waals surface area contributed by atoms with E-state index >= 15 is 0 Å². The van der Waals surface area contributed by atoms with Gasteiger partial charge in [0.1, 0.15) is 23.2 Å². The Morgan fingerprint density at radius 1 is 1.00 bits per heavy atom. The Labute approximate surface area is 204 Å². The molecule has 3 aromatic rings. The van der Waals surface area contributed by atoms with Gasteiger partial charge in [0.25, 0.3) is 5.91 Å². The van der Waals surface area contributed by atoms with E-state index in [9.17, 15) is 18.4 Å². The van der Waals surface area contributed by atoms with E-state index < -0.39 is 29.1 Å². The molecular weight excluding hydrogens is 450 g/mol. The second-order valence-corrected chi connectivity index (χ2v) is 9.01. The summed E-state index contributed by atoms with van der Waals surface area (Å²) >= 11 is 0. The first-order valence-corrected chi connectivity index (χ1v) is 11.9. The number of benzene rings is 2. The third kappa shape index (κ3) is 6.97. The Morgan fingerprint density at radius 3 is 2.34 bits per heavy atom. The van der Waals surface area contributed by atoms with Gasteiger partial charge < -0.3 is 10.2 Å². The number of amides is 2. The van der Waals surface area contributed by atoms with Crippen LogP contribution in [0.5, 0.6) is 0 Å². The molecule has 0 unspecified atom stereocenters. The molecule has 3 rings (SSSR count). The summed E-state index contributed by atoms with van der Waals surface area (Å²) in [5.74, 6) is -3.39. The zero-order valence-electron chi connectivity index (χ0n) is 20.4. The molecule has 0 saturated heterocycles. The number of likely N-dealkylation sites (N-methyl/N-ethyl adjacent to an activating group) is 1. The number of unbranched alkanes of at least 4 members (excludes halogenated alkanes) is 2. The fourth-order valence-electron chi connectivity index (χ4n) is 3.88. The number of carbonyl (C=O) groups excluding carboxylic acids is 2. The topological polar surface area (TPSA) is 78.1 Å². The van der Waals surface area contributed by atoms with Crippen molar-refractivity contribution in [1.29, 1.82) is 0 Å². The SMILES string of the molecule is CC(C)[C@H](NC(=O)c1c(F)cccc1F)C(=O)N(C)CCCCCc1cc(-c2ccccc2)n[nH]1. The number of hydrogen-bond donors (Lipinski definition) is 2. The van der Waals surface area contributed by atoms with E-state index in [0.717, 1.165) is 54.8 Å². The van der Waals surface area contributed by atoms with Crippen molar-refractivity contribution in [3.05, 3.63) is 77.5 Å². The minimum atomic E-state index is -0.959. The smallest absolute Gasteiger partial charge is 0.257 e. The summed E-state index contributed by atoms with van der Waals surface area (Å²) < 4.78 is 27.9. The number of aromatic amines is 1. The van der Waals surface area contributed by atoms with Crippen LogP contribution >= 0.6 is 0 Å². The molecule has 1 heterocycles. The van der Waals surface area contributed by atoms with Crippen LogP contribution in [0.15, 0.2) is 54.6 Å². The number of H-pyrrole nitrogens is 1. The van der Waals surface area contributed by atoms with Gasteiger partial charge in [-0.25, -0.2) is 8.78 Å². The molecule has 1 aromatic heterocycles. The molecule has 0 saturated carbocycles. The number of halogens is 2. The predicted molar refractivity (Wildman–Crippen MR) is 132 cm³/mol. The average molecular weight is 483 g/mol. The molecule has 8 heteroatoms. The first-order chi connectivity index (χ1) is 16.8. The van der Waals surface area contributed by atoms with Gasteiger partial charge in [0.2, 0.25) is 5.91 Å². The van der Waals surface area contributed by atoms with Crippen LogP contribution in [0.25, 0.3) is 11.3 Å². The molecule has 0 spiro atoms. The van der Waals surface area contributed by atoms with E-state index in [2.05, 4.69) is 21.6 Å². The van der Waals surface area contributed by atoms with Crippen LogP contribution in [0, 0.1) is 17.6 Å². The van der Waals surface area contributed by atoms with Gasteiger partial charge in [0.05, 0.1) is 5.69 Å². The Bertz CT molecular complexity index is 1110. The van der Waals surface area contributed by atoms with E-state index in [0.29, 0.717) is 6.54 Å². The Hall–Kier alpha value is -3.55. The van der Waals surface area contributed by atoms with Crippen molar-refractivity contribution >= 4 is 11.8 Å². The van der Waals surface area contributed by atoms with Gasteiger partial charge in [-0.15, -0.1) is 0 Å². The number of carbonyl (C=O) groups is 2. The molecule has 0 radical (unpaired) electrons. The summed E-state index contributed by atoms with van der Waals surface area (Å²) in [6.45, 7) is 4.08. The Balaban J connectivity index is 1.46. The van der Waals surface area contributed by atoms with Crippen LogP contribution in [0.3, 0.4) is 0 Å². The molecule has 35 heavy (non-hydrogen) atoms. The second kappa shape index (κ2) is 12.2. The number of nitrogens with zero attached hydrogens (tertiary/aromatic N) is 2. The van der Waals surface area contributed by atoms with Crippen LogP contribution in [0.4, 0.5) is 8.78 Å². The normalized spacial score (nSPS) is 11.9. The molecule has 0 fully saturated rings. The lowest BCUT2D eigenvalue weighted by Gasteiger charge is -2.27. The van der Waals surface area contributed by atoms with Crippen molar-refractivity contribution in [3.63, 3.8) is 0 Å². The molecule has 6 nitrogen and oxygen atoms in total. The van der Waals surface area contributed by atoms with E-state index in [-0.39, 0.29) is 11.8 Å². The number of rotatable bonds is 11. The summed E-state index contributed by atoms with van der Waals surface area (Å²) in [6.07, 6.45) is 3.50. The molecule has 0 aliphatic carbocycles. The number of aryl methyl sites for hydroxylation is 1. The lowest BCUT2D eigenvalue weighted by molar-refractivity contribution is -0.133. The van der Waals surface area contributed by atoms with E-state index in [4.69, 9.17) is 0 Å². The summed E-state index contributed by atoms with van der Waals surface area (Å²) in [5, 5.41) is 9.96. The summed E-state index contributed by atoms with van der Waals surface area (Å²) in [6, 6.07) is 14.4. The molecule has 0 aliphatic heterocycles. The van der Waals surface area contributed by atoms with Gasteiger partial charge in [-0.05, 0) is 43.4 Å². The van der Waals surface area contributed by atoms with Crippen LogP contribution in [-0.4, -0.2) is 46.5 Å². The lowest BCUT2D eigenvalue weighted by Crippen LogP contribution is -2.50. The quantitative estimate of drug-likeness (QED) is 0.379.